The van der Waals surface area contributed by atoms with E-state index in [1.807, 2.05) is 48.5 Å². The minimum absolute atomic E-state index is 0.0591. The monoisotopic (exact) mass is 383 g/mol. The first-order valence-electron chi connectivity index (χ1n) is 9.21. The molecule has 7 nitrogen and oxygen atoms in total. The maximum atomic E-state index is 12.6. The van der Waals surface area contributed by atoms with Crippen molar-refractivity contribution in [1.82, 2.24) is 10.2 Å². The van der Waals surface area contributed by atoms with Crippen LogP contribution in [0.25, 0.3) is 0 Å². The molecule has 1 aliphatic heterocycles. The minimum Gasteiger partial charge on any atom is -0.497 e. The van der Waals surface area contributed by atoms with Gasteiger partial charge in [0.05, 0.1) is 14.2 Å². The van der Waals surface area contributed by atoms with Gasteiger partial charge in [-0.2, -0.15) is 0 Å². The highest BCUT2D eigenvalue weighted by Crippen LogP contribution is 2.23. The molecular weight excluding hydrogens is 358 g/mol. The third-order valence-electron chi connectivity index (χ3n) is 4.68. The van der Waals surface area contributed by atoms with Gasteiger partial charge in [-0.25, -0.2) is 4.79 Å². The fraction of sp³-hybridized carbons (Fsp3) is 0.333. The molecule has 28 heavy (non-hydrogen) atoms. The second-order valence-electron chi connectivity index (χ2n) is 6.51. The molecule has 1 N–H and O–H groups in total. The van der Waals surface area contributed by atoms with Crippen LogP contribution < -0.4 is 19.7 Å². The van der Waals surface area contributed by atoms with Crippen molar-refractivity contribution < 1.29 is 19.1 Å². The molecule has 0 aromatic heterocycles. The molecule has 0 saturated carbocycles. The van der Waals surface area contributed by atoms with E-state index >= 15 is 0 Å². The maximum absolute atomic E-state index is 12.6. The molecule has 0 bridgehead atoms. The Morgan fingerprint density at radius 2 is 1.79 bits per heavy atom. The summed E-state index contributed by atoms with van der Waals surface area (Å²) in [5.74, 6) is 1.38. The first-order chi connectivity index (χ1) is 13.6. The molecule has 0 spiro atoms. The summed E-state index contributed by atoms with van der Waals surface area (Å²) in [6, 6.07) is 14.9. The first-order valence-corrected chi connectivity index (χ1v) is 9.21. The summed E-state index contributed by atoms with van der Waals surface area (Å²) in [6.45, 7) is 1.65. The molecule has 1 fully saturated rings. The Balaban J connectivity index is 1.47. The quantitative estimate of drug-likeness (QED) is 0.759. The lowest BCUT2D eigenvalue weighted by molar-refractivity contribution is -0.121. The topological polar surface area (TPSA) is 71.1 Å². The summed E-state index contributed by atoms with van der Waals surface area (Å²) in [5.41, 5.74) is 1.88. The van der Waals surface area contributed by atoms with Gasteiger partial charge in [0.25, 0.3) is 0 Å². The molecule has 1 saturated heterocycles. The van der Waals surface area contributed by atoms with Crippen LogP contribution in [0.3, 0.4) is 0 Å². The number of carbonyl (C=O) groups is 2. The number of nitrogens with zero attached hydrogens (tertiary/aromatic N) is 2. The number of benzene rings is 2. The number of amides is 3. The van der Waals surface area contributed by atoms with Gasteiger partial charge in [0.15, 0.2) is 0 Å². The van der Waals surface area contributed by atoms with Crippen molar-refractivity contribution in [3.8, 4) is 11.5 Å². The van der Waals surface area contributed by atoms with Crippen LogP contribution in [0, 0.1) is 0 Å². The molecule has 3 amide bonds. The van der Waals surface area contributed by atoms with Crippen LogP contribution >= 0.6 is 0 Å². The summed E-state index contributed by atoms with van der Waals surface area (Å²) in [6.07, 6.45) is 0.703. The molecule has 148 valence electrons. The Kier molecular flexibility index (Phi) is 6.37. The van der Waals surface area contributed by atoms with Crippen molar-refractivity contribution in [2.75, 3.05) is 45.3 Å². The largest absolute Gasteiger partial charge is 0.497 e. The molecule has 1 heterocycles. The van der Waals surface area contributed by atoms with E-state index in [0.717, 1.165) is 22.7 Å². The number of ether oxygens (including phenoxy) is 2. The second kappa shape index (κ2) is 9.12. The lowest BCUT2D eigenvalue weighted by Crippen LogP contribution is -2.40. The average molecular weight is 383 g/mol. The average Bonchev–Trinajstić information content (AvgIpc) is 3.08. The minimum atomic E-state index is -0.159. The molecule has 0 aliphatic carbocycles. The van der Waals surface area contributed by atoms with Crippen molar-refractivity contribution in [2.24, 2.45) is 0 Å². The number of carbonyl (C=O) groups excluding carboxylic acids is 2. The van der Waals surface area contributed by atoms with E-state index in [2.05, 4.69) is 5.32 Å². The standard InChI is InChI=1S/C21H25N3O4/c1-27-18-8-6-17(7-9-18)24-13-12-23(21(24)26)15-20(25)22-11-10-16-4-3-5-19(14-16)28-2/h3-9,14H,10-13,15H2,1-2H3,(H,22,25). The Labute approximate surface area is 164 Å². The third-order valence-corrected chi connectivity index (χ3v) is 4.68. The van der Waals surface area contributed by atoms with E-state index in [-0.39, 0.29) is 18.5 Å². The van der Waals surface area contributed by atoms with Gasteiger partial charge in [-0.15, -0.1) is 0 Å². The lowest BCUT2D eigenvalue weighted by Gasteiger charge is -2.18. The van der Waals surface area contributed by atoms with E-state index in [0.29, 0.717) is 26.1 Å². The summed E-state index contributed by atoms with van der Waals surface area (Å²) < 4.78 is 10.3. The number of methoxy groups -OCH3 is 2. The normalized spacial score (nSPS) is 13.6. The summed E-state index contributed by atoms with van der Waals surface area (Å²) in [7, 11) is 3.23. The Morgan fingerprint density at radius 3 is 2.50 bits per heavy atom. The van der Waals surface area contributed by atoms with E-state index < -0.39 is 0 Å². The van der Waals surface area contributed by atoms with Crippen molar-refractivity contribution in [1.29, 1.82) is 0 Å². The van der Waals surface area contributed by atoms with Crippen LogP contribution in [0.5, 0.6) is 11.5 Å². The van der Waals surface area contributed by atoms with Gasteiger partial charge in [-0.3, -0.25) is 9.69 Å². The van der Waals surface area contributed by atoms with Crippen LogP contribution in [0.2, 0.25) is 0 Å². The lowest BCUT2D eigenvalue weighted by atomic mass is 10.1. The highest BCUT2D eigenvalue weighted by Gasteiger charge is 2.30. The first kappa shape index (κ1) is 19.5. The van der Waals surface area contributed by atoms with E-state index in [1.54, 1.807) is 24.0 Å². The molecule has 2 aromatic carbocycles. The van der Waals surface area contributed by atoms with Crippen LogP contribution in [0.15, 0.2) is 48.5 Å². The highest BCUT2D eigenvalue weighted by atomic mass is 16.5. The number of nitrogens with one attached hydrogen (secondary N) is 1. The van der Waals surface area contributed by atoms with E-state index in [1.165, 1.54) is 0 Å². The highest BCUT2D eigenvalue weighted by molar-refractivity contribution is 5.96. The molecule has 0 atom stereocenters. The SMILES string of the molecule is COc1ccc(N2CCN(CC(=O)NCCc3cccc(OC)c3)C2=O)cc1. The molecule has 3 rings (SSSR count). The van der Waals surface area contributed by atoms with Gasteiger partial charge >= 0.3 is 6.03 Å². The predicted octanol–water partition coefficient (Wildman–Crippen LogP) is 2.30. The van der Waals surface area contributed by atoms with Gasteiger partial charge in [0.2, 0.25) is 5.91 Å². The van der Waals surface area contributed by atoms with E-state index in [4.69, 9.17) is 9.47 Å². The molecule has 0 unspecified atom stereocenters. The van der Waals surface area contributed by atoms with Crippen molar-refractivity contribution >= 4 is 17.6 Å². The number of hydrogen-bond donors (Lipinski definition) is 1. The molecule has 2 aromatic rings. The third kappa shape index (κ3) is 4.73. The van der Waals surface area contributed by atoms with Crippen LogP contribution in [0.4, 0.5) is 10.5 Å². The van der Waals surface area contributed by atoms with Crippen molar-refractivity contribution in [3.05, 3.63) is 54.1 Å². The van der Waals surface area contributed by atoms with Crippen LogP contribution in [-0.4, -0.2) is 57.2 Å². The fourth-order valence-electron chi connectivity index (χ4n) is 3.13. The maximum Gasteiger partial charge on any atom is 0.325 e. The Hall–Kier alpha value is -3.22. The Bertz CT molecular complexity index is 823. The van der Waals surface area contributed by atoms with Gasteiger partial charge in [-0.1, -0.05) is 12.1 Å². The van der Waals surface area contributed by atoms with E-state index in [9.17, 15) is 9.59 Å². The molecule has 0 radical (unpaired) electrons. The number of anilines is 1. The molecule has 1 aliphatic rings. The van der Waals surface area contributed by atoms with Gasteiger partial charge in [-0.05, 0) is 48.4 Å². The van der Waals surface area contributed by atoms with Gasteiger partial charge in [0.1, 0.15) is 18.0 Å². The van der Waals surface area contributed by atoms with Crippen molar-refractivity contribution in [3.63, 3.8) is 0 Å². The fourth-order valence-corrected chi connectivity index (χ4v) is 3.13. The second-order valence-corrected chi connectivity index (χ2v) is 6.51. The zero-order chi connectivity index (χ0) is 19.9. The van der Waals surface area contributed by atoms with Crippen molar-refractivity contribution in [2.45, 2.75) is 6.42 Å². The number of urea groups is 1. The summed E-state index contributed by atoms with van der Waals surface area (Å²) in [5, 5.41) is 2.88. The van der Waals surface area contributed by atoms with Crippen LogP contribution in [0.1, 0.15) is 5.56 Å². The summed E-state index contributed by atoms with van der Waals surface area (Å²) in [4.78, 5) is 28.0. The zero-order valence-corrected chi connectivity index (χ0v) is 16.2. The molecular formula is C21H25N3O4. The summed E-state index contributed by atoms with van der Waals surface area (Å²) >= 11 is 0. The predicted molar refractivity (Wildman–Crippen MR) is 107 cm³/mol. The number of rotatable bonds is 8. The van der Waals surface area contributed by atoms with Gasteiger partial charge in [0, 0.05) is 25.3 Å². The zero-order valence-electron chi connectivity index (χ0n) is 16.2. The smallest absolute Gasteiger partial charge is 0.325 e. The van der Waals surface area contributed by atoms with Gasteiger partial charge < -0.3 is 19.7 Å². The molecule has 7 heteroatoms. The van der Waals surface area contributed by atoms with Crippen LogP contribution in [-0.2, 0) is 11.2 Å². The Morgan fingerprint density at radius 1 is 1.04 bits per heavy atom. The number of hydrogen-bond acceptors (Lipinski definition) is 4.